The molecule has 1 aliphatic heterocycles. The molecule has 2 atom stereocenters. The smallest absolute Gasteiger partial charge is 0.161 e. The summed E-state index contributed by atoms with van der Waals surface area (Å²) in [6.07, 6.45) is 5.64. The van der Waals surface area contributed by atoms with Crippen molar-refractivity contribution in [3.63, 3.8) is 0 Å². The Bertz CT molecular complexity index is 526. The number of nitrogens with zero attached hydrogens (tertiary/aromatic N) is 2. The summed E-state index contributed by atoms with van der Waals surface area (Å²) in [6, 6.07) is 7.09. The third kappa shape index (κ3) is 4.22. The van der Waals surface area contributed by atoms with Gasteiger partial charge in [-0.05, 0) is 36.5 Å². The maximum atomic E-state index is 5.42. The fourth-order valence-corrected chi connectivity index (χ4v) is 4.26. The van der Waals surface area contributed by atoms with E-state index in [1.54, 1.807) is 14.2 Å². The highest BCUT2D eigenvalue weighted by Crippen LogP contribution is 2.29. The van der Waals surface area contributed by atoms with Crippen LogP contribution < -0.4 is 9.47 Å². The van der Waals surface area contributed by atoms with E-state index in [0.29, 0.717) is 0 Å². The first kappa shape index (κ1) is 17.6. The number of methoxy groups -OCH3 is 2. The van der Waals surface area contributed by atoms with Crippen LogP contribution in [0.25, 0.3) is 0 Å². The number of ether oxygens (including phenoxy) is 2. The van der Waals surface area contributed by atoms with Gasteiger partial charge < -0.3 is 9.47 Å². The van der Waals surface area contributed by atoms with Crippen LogP contribution >= 0.6 is 0 Å². The van der Waals surface area contributed by atoms with Crippen molar-refractivity contribution in [1.82, 2.24) is 9.80 Å². The molecular formula is C20H32N2O2. The number of benzene rings is 1. The molecule has 0 spiro atoms. The van der Waals surface area contributed by atoms with E-state index in [2.05, 4.69) is 28.9 Å². The lowest BCUT2D eigenvalue weighted by molar-refractivity contribution is 0.0659. The highest BCUT2D eigenvalue weighted by atomic mass is 16.5. The molecule has 3 rings (SSSR count). The number of hydrogen-bond donors (Lipinski definition) is 0. The molecule has 0 amide bonds. The van der Waals surface area contributed by atoms with Crippen LogP contribution in [-0.2, 0) is 6.54 Å². The summed E-state index contributed by atoms with van der Waals surface area (Å²) in [5, 5.41) is 0. The summed E-state index contributed by atoms with van der Waals surface area (Å²) in [5.41, 5.74) is 1.30. The van der Waals surface area contributed by atoms with Crippen LogP contribution in [0.1, 0.15) is 38.2 Å². The molecule has 0 bridgehead atoms. The third-order valence-electron chi connectivity index (χ3n) is 5.69. The first-order valence-electron chi connectivity index (χ1n) is 9.37. The molecular weight excluding hydrogens is 300 g/mol. The SMILES string of the molecule is COc1ccc(CN2CCN(C3CCCC(C)C3)CC2)cc1OC. The number of piperazine rings is 1. The van der Waals surface area contributed by atoms with E-state index >= 15 is 0 Å². The van der Waals surface area contributed by atoms with Crippen molar-refractivity contribution in [1.29, 1.82) is 0 Å². The van der Waals surface area contributed by atoms with Crippen molar-refractivity contribution < 1.29 is 9.47 Å². The van der Waals surface area contributed by atoms with Crippen LogP contribution in [0.2, 0.25) is 0 Å². The lowest BCUT2D eigenvalue weighted by atomic mass is 9.86. The Morgan fingerprint density at radius 1 is 1.00 bits per heavy atom. The molecule has 2 unspecified atom stereocenters. The van der Waals surface area contributed by atoms with Crippen LogP contribution in [-0.4, -0.2) is 56.2 Å². The van der Waals surface area contributed by atoms with Gasteiger partial charge in [-0.1, -0.05) is 25.8 Å². The predicted molar refractivity (Wildman–Crippen MR) is 97.8 cm³/mol. The van der Waals surface area contributed by atoms with Crippen LogP contribution in [0.3, 0.4) is 0 Å². The Kier molecular flexibility index (Phi) is 6.01. The second-order valence-corrected chi connectivity index (χ2v) is 7.43. The largest absolute Gasteiger partial charge is 0.493 e. The quantitative estimate of drug-likeness (QED) is 0.825. The molecule has 1 aromatic rings. The maximum absolute atomic E-state index is 5.42. The zero-order valence-corrected chi connectivity index (χ0v) is 15.5. The van der Waals surface area contributed by atoms with Gasteiger partial charge in [0.05, 0.1) is 14.2 Å². The fourth-order valence-electron chi connectivity index (χ4n) is 4.26. The van der Waals surface area contributed by atoms with E-state index in [1.165, 1.54) is 57.4 Å². The highest BCUT2D eigenvalue weighted by molar-refractivity contribution is 5.42. The summed E-state index contributed by atoms with van der Waals surface area (Å²) < 4.78 is 10.7. The van der Waals surface area contributed by atoms with Crippen molar-refractivity contribution in [2.45, 2.75) is 45.2 Å². The summed E-state index contributed by atoms with van der Waals surface area (Å²) in [6.45, 7) is 8.17. The zero-order chi connectivity index (χ0) is 16.9. The van der Waals surface area contributed by atoms with E-state index < -0.39 is 0 Å². The van der Waals surface area contributed by atoms with E-state index in [1.807, 2.05) is 6.07 Å². The predicted octanol–water partition coefficient (Wildman–Crippen LogP) is 3.40. The van der Waals surface area contributed by atoms with Gasteiger partial charge in [-0.25, -0.2) is 0 Å². The summed E-state index contributed by atoms with van der Waals surface area (Å²) in [4.78, 5) is 5.30. The molecule has 4 nitrogen and oxygen atoms in total. The Balaban J connectivity index is 1.52. The van der Waals surface area contributed by atoms with Crippen LogP contribution in [0.5, 0.6) is 11.5 Å². The molecule has 1 aliphatic carbocycles. The molecule has 4 heteroatoms. The number of hydrogen-bond acceptors (Lipinski definition) is 4. The average molecular weight is 332 g/mol. The normalized spacial score (nSPS) is 26.3. The van der Waals surface area contributed by atoms with Gasteiger partial charge in [-0.3, -0.25) is 9.80 Å². The summed E-state index contributed by atoms with van der Waals surface area (Å²) in [5.74, 6) is 2.54. The van der Waals surface area contributed by atoms with Crippen molar-refractivity contribution in [2.75, 3.05) is 40.4 Å². The molecule has 1 heterocycles. The summed E-state index contributed by atoms with van der Waals surface area (Å²) >= 11 is 0. The van der Waals surface area contributed by atoms with Gasteiger partial charge in [-0.15, -0.1) is 0 Å². The lowest BCUT2D eigenvalue weighted by Crippen LogP contribution is -2.50. The van der Waals surface area contributed by atoms with E-state index in [9.17, 15) is 0 Å². The van der Waals surface area contributed by atoms with Crippen LogP contribution in [0.15, 0.2) is 18.2 Å². The topological polar surface area (TPSA) is 24.9 Å². The van der Waals surface area contributed by atoms with Crippen molar-refractivity contribution in [3.05, 3.63) is 23.8 Å². The lowest BCUT2D eigenvalue weighted by Gasteiger charge is -2.42. The van der Waals surface area contributed by atoms with Crippen molar-refractivity contribution >= 4 is 0 Å². The van der Waals surface area contributed by atoms with Gasteiger partial charge in [0, 0.05) is 38.8 Å². The van der Waals surface area contributed by atoms with Gasteiger partial charge in [0.25, 0.3) is 0 Å². The fraction of sp³-hybridized carbons (Fsp3) is 0.700. The molecule has 134 valence electrons. The minimum absolute atomic E-state index is 0.803. The Morgan fingerprint density at radius 2 is 1.75 bits per heavy atom. The molecule has 24 heavy (non-hydrogen) atoms. The summed E-state index contributed by atoms with van der Waals surface area (Å²) in [7, 11) is 3.38. The molecule has 1 aromatic carbocycles. The molecule has 0 radical (unpaired) electrons. The second kappa shape index (κ2) is 8.21. The Labute approximate surface area is 146 Å². The van der Waals surface area contributed by atoms with Crippen LogP contribution in [0.4, 0.5) is 0 Å². The van der Waals surface area contributed by atoms with E-state index in [0.717, 1.165) is 30.0 Å². The minimum atomic E-state index is 0.803. The first-order valence-corrected chi connectivity index (χ1v) is 9.37. The van der Waals surface area contributed by atoms with E-state index in [-0.39, 0.29) is 0 Å². The second-order valence-electron chi connectivity index (χ2n) is 7.43. The zero-order valence-electron chi connectivity index (χ0n) is 15.5. The highest BCUT2D eigenvalue weighted by Gasteiger charge is 2.27. The monoisotopic (exact) mass is 332 g/mol. The van der Waals surface area contributed by atoms with Gasteiger partial charge in [0.15, 0.2) is 11.5 Å². The van der Waals surface area contributed by atoms with Crippen molar-refractivity contribution in [3.8, 4) is 11.5 Å². The Morgan fingerprint density at radius 3 is 2.42 bits per heavy atom. The Hall–Kier alpha value is -1.26. The minimum Gasteiger partial charge on any atom is -0.493 e. The molecule has 2 fully saturated rings. The van der Waals surface area contributed by atoms with Crippen molar-refractivity contribution in [2.24, 2.45) is 5.92 Å². The molecule has 1 saturated carbocycles. The molecule has 2 aliphatic rings. The maximum Gasteiger partial charge on any atom is 0.161 e. The standard InChI is InChI=1S/C20H32N2O2/c1-16-5-4-6-18(13-16)22-11-9-21(10-12-22)15-17-7-8-19(23-2)20(14-17)24-3/h7-8,14,16,18H,4-6,9-13,15H2,1-3H3. The van der Waals surface area contributed by atoms with Gasteiger partial charge >= 0.3 is 0 Å². The molecule has 0 N–H and O–H groups in total. The van der Waals surface area contributed by atoms with Gasteiger partial charge in [0.2, 0.25) is 0 Å². The van der Waals surface area contributed by atoms with Gasteiger partial charge in [-0.2, -0.15) is 0 Å². The first-order chi connectivity index (χ1) is 11.7. The molecule has 1 saturated heterocycles. The van der Waals surface area contributed by atoms with E-state index in [4.69, 9.17) is 9.47 Å². The average Bonchev–Trinajstić information content (AvgIpc) is 2.62. The van der Waals surface area contributed by atoms with Gasteiger partial charge in [0.1, 0.15) is 0 Å². The number of rotatable bonds is 5. The third-order valence-corrected chi connectivity index (χ3v) is 5.69. The van der Waals surface area contributed by atoms with Crippen LogP contribution in [0, 0.1) is 5.92 Å². The molecule has 0 aromatic heterocycles.